The highest BCUT2D eigenvalue weighted by molar-refractivity contribution is 5.96. The number of carbonyl (C=O) groups excluding carboxylic acids is 2. The second-order valence-corrected chi connectivity index (χ2v) is 9.71. The predicted octanol–water partition coefficient (Wildman–Crippen LogP) is 5.86. The van der Waals surface area contributed by atoms with Gasteiger partial charge in [-0.05, 0) is 54.8 Å². The molecule has 0 saturated carbocycles. The number of para-hydroxylation sites is 1. The number of benzene rings is 3. The molecular weight excluding hydrogens is 519 g/mol. The van der Waals surface area contributed by atoms with Crippen molar-refractivity contribution < 1.29 is 27.5 Å². The van der Waals surface area contributed by atoms with E-state index in [9.17, 15) is 22.8 Å². The standard InChI is InChI=1S/C31H32F3N3O3/c1-22-7-11-24(12-8-22)30(39)37(17-18-40-2)21-29(38)36(20-23-9-13-26(14-10-23)31(32,33)34)16-15-25-19-35-28-6-4-3-5-27(25)28/h3-14,19,35H,15-18,20-21H2,1-2H3. The van der Waals surface area contributed by atoms with E-state index in [1.807, 2.05) is 49.5 Å². The van der Waals surface area contributed by atoms with E-state index in [0.29, 0.717) is 24.1 Å². The number of aromatic nitrogens is 1. The van der Waals surface area contributed by atoms with Gasteiger partial charge >= 0.3 is 6.18 Å². The average molecular weight is 552 g/mol. The number of H-pyrrole nitrogens is 1. The third-order valence-electron chi connectivity index (χ3n) is 6.81. The first-order valence-electron chi connectivity index (χ1n) is 13.0. The number of aromatic amines is 1. The average Bonchev–Trinajstić information content (AvgIpc) is 3.36. The van der Waals surface area contributed by atoms with Gasteiger partial charge in [-0.15, -0.1) is 0 Å². The van der Waals surface area contributed by atoms with E-state index < -0.39 is 11.7 Å². The molecule has 0 radical (unpaired) electrons. The van der Waals surface area contributed by atoms with Crippen LogP contribution in [0.25, 0.3) is 10.9 Å². The summed E-state index contributed by atoms with van der Waals surface area (Å²) in [5.74, 6) is -0.604. The van der Waals surface area contributed by atoms with Crippen molar-refractivity contribution in [3.8, 4) is 0 Å². The molecule has 1 heterocycles. The van der Waals surface area contributed by atoms with Crippen LogP contribution in [0.1, 0.15) is 32.6 Å². The molecule has 210 valence electrons. The minimum atomic E-state index is -4.44. The van der Waals surface area contributed by atoms with E-state index >= 15 is 0 Å². The van der Waals surface area contributed by atoms with Crippen LogP contribution in [0, 0.1) is 6.92 Å². The van der Waals surface area contributed by atoms with Crippen LogP contribution in [0.4, 0.5) is 13.2 Å². The van der Waals surface area contributed by atoms with Gasteiger partial charge in [0.25, 0.3) is 5.91 Å². The fourth-order valence-corrected chi connectivity index (χ4v) is 4.50. The summed E-state index contributed by atoms with van der Waals surface area (Å²) in [6, 6.07) is 19.8. The fraction of sp³-hybridized carbons (Fsp3) is 0.290. The van der Waals surface area contributed by atoms with E-state index in [1.165, 1.54) is 24.1 Å². The summed E-state index contributed by atoms with van der Waals surface area (Å²) in [5.41, 5.74) is 3.29. The lowest BCUT2D eigenvalue weighted by molar-refractivity contribution is -0.137. The Hall–Kier alpha value is -4.11. The Balaban J connectivity index is 1.56. The van der Waals surface area contributed by atoms with E-state index in [0.717, 1.165) is 34.2 Å². The maximum Gasteiger partial charge on any atom is 0.416 e. The van der Waals surface area contributed by atoms with Crippen molar-refractivity contribution >= 4 is 22.7 Å². The van der Waals surface area contributed by atoms with Crippen LogP contribution in [0.15, 0.2) is 79.0 Å². The molecule has 0 aliphatic heterocycles. The van der Waals surface area contributed by atoms with Gasteiger partial charge in [-0.25, -0.2) is 0 Å². The van der Waals surface area contributed by atoms with Crippen LogP contribution in [-0.2, 0) is 28.7 Å². The minimum absolute atomic E-state index is 0.107. The van der Waals surface area contributed by atoms with Crippen molar-refractivity contribution in [3.63, 3.8) is 0 Å². The molecule has 0 unspecified atom stereocenters. The van der Waals surface area contributed by atoms with Crippen molar-refractivity contribution in [2.24, 2.45) is 0 Å². The highest BCUT2D eigenvalue weighted by Crippen LogP contribution is 2.29. The van der Waals surface area contributed by atoms with Gasteiger partial charge in [0.1, 0.15) is 6.54 Å². The van der Waals surface area contributed by atoms with Gasteiger partial charge in [0.05, 0.1) is 12.2 Å². The number of halogens is 3. The number of ether oxygens (including phenoxy) is 1. The van der Waals surface area contributed by atoms with Crippen LogP contribution in [0.3, 0.4) is 0 Å². The summed E-state index contributed by atoms with van der Waals surface area (Å²) in [5, 5.41) is 1.04. The van der Waals surface area contributed by atoms with Crippen LogP contribution in [0.2, 0.25) is 0 Å². The lowest BCUT2D eigenvalue weighted by Crippen LogP contribution is -2.44. The monoisotopic (exact) mass is 551 g/mol. The molecule has 0 atom stereocenters. The molecule has 1 N–H and O–H groups in total. The summed E-state index contributed by atoms with van der Waals surface area (Å²) in [6.07, 6.45) is -2.01. The molecule has 0 spiro atoms. The maximum atomic E-state index is 13.7. The zero-order valence-corrected chi connectivity index (χ0v) is 22.5. The third-order valence-corrected chi connectivity index (χ3v) is 6.81. The molecule has 3 aromatic carbocycles. The first kappa shape index (κ1) is 28.9. The Morgan fingerprint density at radius 2 is 1.60 bits per heavy atom. The molecular formula is C31H32F3N3O3. The molecule has 40 heavy (non-hydrogen) atoms. The molecule has 1 aromatic heterocycles. The lowest BCUT2D eigenvalue weighted by Gasteiger charge is -2.28. The zero-order chi connectivity index (χ0) is 28.7. The van der Waals surface area contributed by atoms with Crippen LogP contribution >= 0.6 is 0 Å². The van der Waals surface area contributed by atoms with Crippen LogP contribution in [0.5, 0.6) is 0 Å². The van der Waals surface area contributed by atoms with Gasteiger partial charge in [-0.3, -0.25) is 9.59 Å². The molecule has 4 aromatic rings. The number of fused-ring (bicyclic) bond motifs is 1. The van der Waals surface area contributed by atoms with E-state index in [4.69, 9.17) is 4.74 Å². The molecule has 0 fully saturated rings. The second kappa shape index (κ2) is 12.8. The quantitative estimate of drug-likeness (QED) is 0.254. The Kier molecular flexibility index (Phi) is 9.26. The Morgan fingerprint density at radius 3 is 2.27 bits per heavy atom. The molecule has 0 saturated heterocycles. The number of carbonyl (C=O) groups is 2. The minimum Gasteiger partial charge on any atom is -0.383 e. The second-order valence-electron chi connectivity index (χ2n) is 9.71. The number of hydrogen-bond donors (Lipinski definition) is 1. The van der Waals surface area contributed by atoms with Crippen molar-refractivity contribution in [2.75, 3.05) is 33.4 Å². The number of hydrogen-bond acceptors (Lipinski definition) is 3. The molecule has 4 rings (SSSR count). The number of rotatable bonds is 11. The van der Waals surface area contributed by atoms with Crippen LogP contribution in [-0.4, -0.2) is 59.9 Å². The largest absolute Gasteiger partial charge is 0.416 e. The summed E-state index contributed by atoms with van der Waals surface area (Å²) >= 11 is 0. The highest BCUT2D eigenvalue weighted by Gasteiger charge is 2.30. The van der Waals surface area contributed by atoms with Gasteiger partial charge in [0, 0.05) is 49.4 Å². The molecule has 2 amide bonds. The number of aryl methyl sites for hydroxylation is 1. The molecule has 0 bridgehead atoms. The van der Waals surface area contributed by atoms with Crippen molar-refractivity contribution in [3.05, 3.63) is 107 Å². The third kappa shape index (κ3) is 7.30. The zero-order valence-electron chi connectivity index (χ0n) is 22.5. The maximum absolute atomic E-state index is 13.7. The Labute approximate surface area is 231 Å². The van der Waals surface area contributed by atoms with Crippen molar-refractivity contribution in [2.45, 2.75) is 26.1 Å². The lowest BCUT2D eigenvalue weighted by atomic mass is 10.1. The number of nitrogens with one attached hydrogen (secondary N) is 1. The number of alkyl halides is 3. The predicted molar refractivity (Wildman–Crippen MR) is 148 cm³/mol. The summed E-state index contributed by atoms with van der Waals surface area (Å²) in [7, 11) is 1.52. The smallest absolute Gasteiger partial charge is 0.383 e. The highest BCUT2D eigenvalue weighted by atomic mass is 19.4. The topological polar surface area (TPSA) is 65.6 Å². The summed E-state index contributed by atoms with van der Waals surface area (Å²) in [4.78, 5) is 33.2. The number of amides is 2. The SMILES string of the molecule is COCCN(CC(=O)N(CCc1c[nH]c2ccccc12)Cc1ccc(C(F)(F)F)cc1)C(=O)c1ccc(C)cc1. The van der Waals surface area contributed by atoms with E-state index in [2.05, 4.69) is 4.98 Å². The Bertz CT molecular complexity index is 1430. The van der Waals surface area contributed by atoms with Gasteiger partial charge in [0.2, 0.25) is 5.91 Å². The van der Waals surface area contributed by atoms with Gasteiger partial charge < -0.3 is 19.5 Å². The number of methoxy groups -OCH3 is 1. The first-order valence-corrected chi connectivity index (χ1v) is 13.0. The van der Waals surface area contributed by atoms with E-state index in [-0.39, 0.29) is 38.1 Å². The van der Waals surface area contributed by atoms with Crippen molar-refractivity contribution in [1.82, 2.24) is 14.8 Å². The Morgan fingerprint density at radius 1 is 0.900 bits per heavy atom. The van der Waals surface area contributed by atoms with E-state index in [1.54, 1.807) is 17.0 Å². The van der Waals surface area contributed by atoms with Gasteiger partial charge in [-0.1, -0.05) is 48.0 Å². The molecule has 6 nitrogen and oxygen atoms in total. The molecule has 0 aliphatic rings. The fourth-order valence-electron chi connectivity index (χ4n) is 4.50. The molecule has 9 heteroatoms. The summed E-state index contributed by atoms with van der Waals surface area (Å²) in [6.45, 7) is 2.62. The molecule has 0 aliphatic carbocycles. The normalized spacial score (nSPS) is 11.5. The van der Waals surface area contributed by atoms with Crippen LogP contribution < -0.4 is 0 Å². The van der Waals surface area contributed by atoms with Gasteiger partial charge in [0.15, 0.2) is 0 Å². The van der Waals surface area contributed by atoms with Crippen molar-refractivity contribution in [1.29, 1.82) is 0 Å². The number of nitrogens with zero attached hydrogens (tertiary/aromatic N) is 2. The summed E-state index contributed by atoms with van der Waals surface area (Å²) < 4.78 is 44.4. The first-order chi connectivity index (χ1) is 19.2. The van der Waals surface area contributed by atoms with Gasteiger partial charge in [-0.2, -0.15) is 13.2 Å².